The molecule has 0 saturated carbocycles. The fraction of sp³-hybridized carbons (Fsp3) is 0. The molecule has 0 atom stereocenters. The lowest BCUT2D eigenvalue weighted by Gasteiger charge is -2.00. The summed E-state index contributed by atoms with van der Waals surface area (Å²) in [7, 11) is 0. The summed E-state index contributed by atoms with van der Waals surface area (Å²) in [6, 6.07) is 34.1. The van der Waals surface area contributed by atoms with E-state index in [1.54, 1.807) is 48.5 Å². The smallest absolute Gasteiger partial charge is 0.266 e. The van der Waals surface area contributed by atoms with Crippen LogP contribution in [-0.2, 0) is 0 Å². The van der Waals surface area contributed by atoms with Crippen LogP contribution in [0.15, 0.2) is 161 Å². The van der Waals surface area contributed by atoms with Gasteiger partial charge in [-0.05, 0) is 84.9 Å². The number of rotatable bonds is 6. The van der Waals surface area contributed by atoms with E-state index in [-0.39, 0.29) is 21.5 Å². The van der Waals surface area contributed by atoms with Crippen LogP contribution in [0, 0.1) is 0 Å². The molecule has 210 valence electrons. The quantitative estimate of drug-likeness (QED) is 0.204. The molecular formula is C34H20N6O4. The summed E-state index contributed by atoms with van der Waals surface area (Å²) in [5.41, 5.74) is 0.782. The molecule has 0 bridgehead atoms. The molecule has 7 rings (SSSR count). The van der Waals surface area contributed by atoms with E-state index < -0.39 is 22.2 Å². The lowest BCUT2D eigenvalue weighted by molar-refractivity contribution is 0.987. The molecule has 44 heavy (non-hydrogen) atoms. The van der Waals surface area contributed by atoms with E-state index in [0.29, 0.717) is 34.1 Å². The molecule has 0 aliphatic rings. The molecule has 0 saturated heterocycles. The summed E-state index contributed by atoms with van der Waals surface area (Å²) < 4.78 is 2.04. The van der Waals surface area contributed by atoms with Gasteiger partial charge in [-0.2, -0.15) is 20.5 Å². The normalized spacial score (nSPS) is 11.8. The van der Waals surface area contributed by atoms with Gasteiger partial charge in [0.05, 0.1) is 55.7 Å². The second-order valence-electron chi connectivity index (χ2n) is 9.94. The largest absolute Gasteiger partial charge is 0.268 e. The van der Waals surface area contributed by atoms with Gasteiger partial charge in [0.15, 0.2) is 0 Å². The molecule has 0 spiro atoms. The van der Waals surface area contributed by atoms with Crippen molar-refractivity contribution in [2.24, 2.45) is 20.5 Å². The topological polar surface area (TPSA) is 128 Å². The van der Waals surface area contributed by atoms with Crippen molar-refractivity contribution in [3.05, 3.63) is 163 Å². The first-order valence-corrected chi connectivity index (χ1v) is 13.6. The second-order valence-corrected chi connectivity index (χ2v) is 9.94. The molecule has 0 aliphatic heterocycles. The highest BCUT2D eigenvalue weighted by Gasteiger charge is 2.21. The molecule has 0 amide bonds. The van der Waals surface area contributed by atoms with Crippen LogP contribution >= 0.6 is 0 Å². The number of aromatic nitrogens is 2. The molecule has 2 aromatic heterocycles. The van der Waals surface area contributed by atoms with Crippen molar-refractivity contribution < 1.29 is 0 Å². The Hall–Kier alpha value is -6.42. The van der Waals surface area contributed by atoms with Gasteiger partial charge in [-0.3, -0.25) is 19.2 Å². The first-order chi connectivity index (χ1) is 21.5. The third-order valence-corrected chi connectivity index (χ3v) is 7.18. The van der Waals surface area contributed by atoms with Crippen molar-refractivity contribution in [2.75, 3.05) is 0 Å². The molecule has 7 aromatic rings. The van der Waals surface area contributed by atoms with Crippen molar-refractivity contribution in [3.8, 4) is 11.4 Å². The van der Waals surface area contributed by atoms with Crippen LogP contribution in [0.3, 0.4) is 0 Å². The van der Waals surface area contributed by atoms with E-state index in [1.165, 1.54) is 12.1 Å². The zero-order chi connectivity index (χ0) is 30.2. The Morgan fingerprint density at radius 1 is 0.341 bits per heavy atom. The van der Waals surface area contributed by atoms with Gasteiger partial charge in [-0.25, -0.2) is 9.13 Å². The summed E-state index contributed by atoms with van der Waals surface area (Å²) in [6.07, 6.45) is 0. The highest BCUT2D eigenvalue weighted by atomic mass is 16.2. The third-order valence-electron chi connectivity index (χ3n) is 7.18. The Bertz CT molecular complexity index is 2190. The van der Waals surface area contributed by atoms with Gasteiger partial charge in [0.1, 0.15) is 0 Å². The van der Waals surface area contributed by atoms with Crippen molar-refractivity contribution in [1.29, 1.82) is 0 Å². The number of nitrogens with zero attached hydrogens (tertiary/aromatic N) is 6. The summed E-state index contributed by atoms with van der Waals surface area (Å²) in [4.78, 5) is 53.5. The van der Waals surface area contributed by atoms with Crippen LogP contribution in [-0.4, -0.2) is 9.13 Å². The van der Waals surface area contributed by atoms with Crippen LogP contribution in [0.2, 0.25) is 0 Å². The molecule has 0 N–H and O–H groups in total. The highest BCUT2D eigenvalue weighted by Crippen LogP contribution is 2.22. The van der Waals surface area contributed by atoms with Gasteiger partial charge in [0, 0.05) is 0 Å². The molecule has 0 unspecified atom stereocenters. The summed E-state index contributed by atoms with van der Waals surface area (Å²) >= 11 is 0. The number of azo groups is 2. The van der Waals surface area contributed by atoms with E-state index in [2.05, 4.69) is 20.5 Å². The fourth-order valence-electron chi connectivity index (χ4n) is 5.00. The summed E-state index contributed by atoms with van der Waals surface area (Å²) in [5.74, 6) is 0. The summed E-state index contributed by atoms with van der Waals surface area (Å²) in [5, 5.41) is 16.9. The Kier molecular flexibility index (Phi) is 6.48. The molecule has 0 fully saturated rings. The molecule has 2 heterocycles. The average Bonchev–Trinajstić information content (AvgIpc) is 3.46. The maximum Gasteiger partial charge on any atom is 0.266 e. The Balaban J connectivity index is 1.23. The van der Waals surface area contributed by atoms with Crippen LogP contribution in [0.5, 0.6) is 0 Å². The molecule has 10 nitrogen and oxygen atoms in total. The van der Waals surface area contributed by atoms with Gasteiger partial charge >= 0.3 is 0 Å². The lowest BCUT2D eigenvalue weighted by atomic mass is 10.1. The number of benzene rings is 5. The average molecular weight is 577 g/mol. The van der Waals surface area contributed by atoms with Gasteiger partial charge in [0.2, 0.25) is 0 Å². The van der Waals surface area contributed by atoms with E-state index in [9.17, 15) is 19.2 Å². The van der Waals surface area contributed by atoms with Crippen LogP contribution in [0.25, 0.3) is 32.9 Å². The number of fused-ring (bicyclic) bond motifs is 2. The number of hydrogen-bond donors (Lipinski definition) is 0. The monoisotopic (exact) mass is 576 g/mol. The van der Waals surface area contributed by atoms with Crippen molar-refractivity contribution in [3.63, 3.8) is 0 Å². The van der Waals surface area contributed by atoms with Gasteiger partial charge in [0.25, 0.3) is 22.2 Å². The highest BCUT2D eigenvalue weighted by molar-refractivity contribution is 5.98. The van der Waals surface area contributed by atoms with Crippen LogP contribution in [0.4, 0.5) is 22.7 Å². The minimum atomic E-state index is -0.585. The van der Waals surface area contributed by atoms with Crippen molar-refractivity contribution >= 4 is 44.3 Å². The van der Waals surface area contributed by atoms with Gasteiger partial charge in [-0.1, -0.05) is 36.4 Å². The molecule has 0 radical (unpaired) electrons. The zero-order valence-corrected chi connectivity index (χ0v) is 22.9. The second kappa shape index (κ2) is 10.8. The van der Waals surface area contributed by atoms with E-state index in [1.807, 2.05) is 60.7 Å². The molecule has 0 aliphatic carbocycles. The fourth-order valence-corrected chi connectivity index (χ4v) is 5.00. The van der Waals surface area contributed by atoms with E-state index in [4.69, 9.17) is 0 Å². The first-order valence-electron chi connectivity index (χ1n) is 13.6. The zero-order valence-electron chi connectivity index (χ0n) is 22.9. The number of hydrogen-bond acceptors (Lipinski definition) is 8. The van der Waals surface area contributed by atoms with Crippen molar-refractivity contribution in [1.82, 2.24) is 9.13 Å². The standard InChI is InChI=1S/C34H20N6O4/c41-31-27-19-29-30(34(44)40(33(29)43)26-17-13-24(14-18-26)38-36-22-9-5-2-6-10-22)20-28(27)32(42)39(31)25-15-11-23(12-16-25)37-35-21-7-3-1-4-8-21/h1-20H. The molecular weight excluding hydrogens is 556 g/mol. The molecule has 10 heteroatoms. The maximum absolute atomic E-state index is 13.4. The van der Waals surface area contributed by atoms with Crippen LogP contribution < -0.4 is 22.2 Å². The summed E-state index contributed by atoms with van der Waals surface area (Å²) in [6.45, 7) is 0. The van der Waals surface area contributed by atoms with Gasteiger partial charge < -0.3 is 0 Å². The third kappa shape index (κ3) is 4.66. The maximum atomic E-state index is 13.4. The predicted molar refractivity (Wildman–Crippen MR) is 169 cm³/mol. The minimum absolute atomic E-state index is 0.0567. The Labute approximate surface area is 247 Å². The molecule has 5 aromatic carbocycles. The Morgan fingerprint density at radius 2 is 0.614 bits per heavy atom. The van der Waals surface area contributed by atoms with Gasteiger partial charge in [-0.15, -0.1) is 0 Å². The van der Waals surface area contributed by atoms with E-state index >= 15 is 0 Å². The predicted octanol–water partition coefficient (Wildman–Crippen LogP) is 6.72. The van der Waals surface area contributed by atoms with E-state index in [0.717, 1.165) is 9.13 Å². The lowest BCUT2D eigenvalue weighted by Crippen LogP contribution is -2.24. The SMILES string of the molecule is O=c1c2cc3c(=O)n(-c4ccc(N=Nc5ccccc5)cc4)c(=O)c3cc2c(=O)n1-c1ccc(N=Nc2ccccc2)cc1. The minimum Gasteiger partial charge on any atom is -0.268 e. The Morgan fingerprint density at radius 3 is 0.909 bits per heavy atom. The first kappa shape index (κ1) is 26.5. The van der Waals surface area contributed by atoms with Crippen LogP contribution in [0.1, 0.15) is 0 Å². The van der Waals surface area contributed by atoms with Crippen molar-refractivity contribution in [2.45, 2.75) is 0 Å².